The van der Waals surface area contributed by atoms with Crippen LogP contribution in [0, 0.1) is 13.8 Å². The minimum atomic E-state index is 0.482. The molecule has 0 bridgehead atoms. The molecule has 0 aliphatic rings. The predicted molar refractivity (Wildman–Crippen MR) is 85.0 cm³/mol. The topological polar surface area (TPSA) is 12.0 Å². The molecule has 1 nitrogen and oxygen atoms in total. The zero-order chi connectivity index (χ0) is 13.7. The predicted octanol–water partition coefficient (Wildman–Crippen LogP) is 4.65. The van der Waals surface area contributed by atoms with Crippen molar-refractivity contribution < 1.29 is 0 Å². The van der Waals surface area contributed by atoms with Crippen molar-refractivity contribution in [2.24, 2.45) is 0 Å². The average molecular weight is 273 g/mol. The zero-order valence-corrected chi connectivity index (χ0v) is 12.9. The van der Waals surface area contributed by atoms with E-state index in [2.05, 4.69) is 61.8 Å². The number of hydrogen-bond acceptors (Lipinski definition) is 2. The molecule has 2 aromatic rings. The molecule has 1 heterocycles. The Morgan fingerprint density at radius 2 is 1.95 bits per heavy atom. The van der Waals surface area contributed by atoms with Gasteiger partial charge in [-0.2, -0.15) is 0 Å². The van der Waals surface area contributed by atoms with Crippen molar-refractivity contribution in [1.82, 2.24) is 5.32 Å². The number of thiophene rings is 1. The van der Waals surface area contributed by atoms with Crippen LogP contribution in [-0.2, 0) is 6.42 Å². The van der Waals surface area contributed by atoms with Crippen LogP contribution < -0.4 is 5.32 Å². The van der Waals surface area contributed by atoms with Gasteiger partial charge in [0.2, 0.25) is 0 Å². The summed E-state index contributed by atoms with van der Waals surface area (Å²) in [5.41, 5.74) is 4.35. The van der Waals surface area contributed by atoms with Crippen LogP contribution in [0.4, 0.5) is 0 Å². The monoisotopic (exact) mass is 273 g/mol. The highest BCUT2D eigenvalue weighted by molar-refractivity contribution is 7.10. The van der Waals surface area contributed by atoms with Crippen molar-refractivity contribution >= 4 is 11.3 Å². The van der Waals surface area contributed by atoms with Crippen LogP contribution in [0.1, 0.15) is 41.0 Å². The molecular formula is C17H23NS. The maximum Gasteiger partial charge on any atom is 0.0334 e. The molecule has 1 aromatic carbocycles. The number of benzene rings is 1. The third-order valence-electron chi connectivity index (χ3n) is 3.69. The summed E-state index contributed by atoms with van der Waals surface area (Å²) in [4.78, 5) is 1.44. The second-order valence-corrected chi connectivity index (χ2v) is 6.13. The van der Waals surface area contributed by atoms with Crippen LogP contribution in [0.5, 0.6) is 0 Å². The summed E-state index contributed by atoms with van der Waals surface area (Å²) in [6.07, 6.45) is 2.30. The SMILES string of the molecule is CCNC(CCc1ccccc1C)c1ccsc1C. The molecule has 0 saturated carbocycles. The molecule has 0 amide bonds. The van der Waals surface area contributed by atoms with Gasteiger partial charge in [0.25, 0.3) is 0 Å². The third kappa shape index (κ3) is 3.68. The van der Waals surface area contributed by atoms with Crippen LogP contribution in [0.25, 0.3) is 0 Å². The molecule has 2 rings (SSSR count). The van der Waals surface area contributed by atoms with Gasteiger partial charge in [0.15, 0.2) is 0 Å². The number of aryl methyl sites for hydroxylation is 3. The van der Waals surface area contributed by atoms with E-state index in [1.807, 2.05) is 11.3 Å². The second-order valence-electron chi connectivity index (χ2n) is 5.01. The minimum Gasteiger partial charge on any atom is -0.310 e. The Morgan fingerprint density at radius 1 is 1.16 bits per heavy atom. The average Bonchev–Trinajstić information content (AvgIpc) is 2.82. The number of nitrogens with one attached hydrogen (secondary N) is 1. The number of hydrogen-bond donors (Lipinski definition) is 1. The standard InChI is InChI=1S/C17H23NS/c1-4-18-17(16-11-12-19-14(16)3)10-9-15-8-6-5-7-13(15)2/h5-8,11-12,17-18H,4,9-10H2,1-3H3. The molecule has 102 valence electrons. The molecule has 0 radical (unpaired) electrons. The molecule has 19 heavy (non-hydrogen) atoms. The zero-order valence-electron chi connectivity index (χ0n) is 12.1. The van der Waals surface area contributed by atoms with Crippen molar-refractivity contribution in [2.45, 2.75) is 39.7 Å². The molecule has 1 aromatic heterocycles. The van der Waals surface area contributed by atoms with Crippen molar-refractivity contribution in [1.29, 1.82) is 0 Å². The van der Waals surface area contributed by atoms with Gasteiger partial charge in [-0.05, 0) is 61.4 Å². The van der Waals surface area contributed by atoms with E-state index in [4.69, 9.17) is 0 Å². The Balaban J connectivity index is 2.06. The summed E-state index contributed by atoms with van der Waals surface area (Å²) < 4.78 is 0. The summed E-state index contributed by atoms with van der Waals surface area (Å²) in [6.45, 7) is 7.63. The Hall–Kier alpha value is -1.12. The third-order valence-corrected chi connectivity index (χ3v) is 4.55. The maximum atomic E-state index is 3.62. The number of rotatable bonds is 6. The van der Waals surface area contributed by atoms with Gasteiger partial charge in [-0.1, -0.05) is 31.2 Å². The maximum absolute atomic E-state index is 3.62. The van der Waals surface area contributed by atoms with E-state index in [1.54, 1.807) is 0 Å². The quantitative estimate of drug-likeness (QED) is 0.808. The summed E-state index contributed by atoms with van der Waals surface area (Å²) in [7, 11) is 0. The van der Waals surface area contributed by atoms with Gasteiger partial charge in [0.1, 0.15) is 0 Å². The first kappa shape index (κ1) is 14.3. The van der Waals surface area contributed by atoms with Crippen molar-refractivity contribution in [3.05, 3.63) is 57.3 Å². The minimum absolute atomic E-state index is 0.482. The highest BCUT2D eigenvalue weighted by atomic mass is 32.1. The molecule has 0 aliphatic heterocycles. The van der Waals surface area contributed by atoms with Gasteiger partial charge in [-0.15, -0.1) is 11.3 Å². The lowest BCUT2D eigenvalue weighted by Gasteiger charge is -2.18. The van der Waals surface area contributed by atoms with Gasteiger partial charge in [-0.3, -0.25) is 0 Å². The lowest BCUT2D eigenvalue weighted by molar-refractivity contribution is 0.514. The van der Waals surface area contributed by atoms with Crippen LogP contribution in [0.2, 0.25) is 0 Å². The van der Waals surface area contributed by atoms with Crippen LogP contribution in [0.3, 0.4) is 0 Å². The van der Waals surface area contributed by atoms with Gasteiger partial charge in [0, 0.05) is 10.9 Å². The lowest BCUT2D eigenvalue weighted by atomic mass is 9.97. The molecule has 0 saturated heterocycles. The highest BCUT2D eigenvalue weighted by Crippen LogP contribution is 2.26. The molecule has 0 aliphatic carbocycles. The van der Waals surface area contributed by atoms with Crippen LogP contribution in [0.15, 0.2) is 35.7 Å². The molecule has 1 N–H and O–H groups in total. The molecular weight excluding hydrogens is 250 g/mol. The van der Waals surface area contributed by atoms with Crippen LogP contribution >= 0.6 is 11.3 Å². The van der Waals surface area contributed by atoms with E-state index in [0.717, 1.165) is 19.4 Å². The summed E-state index contributed by atoms with van der Waals surface area (Å²) in [6, 6.07) is 11.5. The van der Waals surface area contributed by atoms with Gasteiger partial charge < -0.3 is 5.32 Å². The molecule has 1 atom stereocenters. The summed E-state index contributed by atoms with van der Waals surface area (Å²) in [5.74, 6) is 0. The van der Waals surface area contributed by atoms with E-state index in [-0.39, 0.29) is 0 Å². The largest absolute Gasteiger partial charge is 0.310 e. The van der Waals surface area contributed by atoms with E-state index in [9.17, 15) is 0 Å². The van der Waals surface area contributed by atoms with Gasteiger partial charge in [0.05, 0.1) is 0 Å². The molecule has 0 fully saturated rings. The van der Waals surface area contributed by atoms with Crippen LogP contribution in [-0.4, -0.2) is 6.54 Å². The Labute approximate surface area is 120 Å². The second kappa shape index (κ2) is 6.88. The molecule has 2 heteroatoms. The van der Waals surface area contributed by atoms with E-state index in [1.165, 1.54) is 21.6 Å². The first-order chi connectivity index (χ1) is 9.22. The Bertz CT molecular complexity index is 515. The fourth-order valence-corrected chi connectivity index (χ4v) is 3.33. The summed E-state index contributed by atoms with van der Waals surface area (Å²) >= 11 is 1.84. The van der Waals surface area contributed by atoms with Crippen molar-refractivity contribution in [3.63, 3.8) is 0 Å². The Kier molecular flexibility index (Phi) is 5.17. The highest BCUT2D eigenvalue weighted by Gasteiger charge is 2.13. The van der Waals surface area contributed by atoms with Gasteiger partial charge in [-0.25, -0.2) is 0 Å². The van der Waals surface area contributed by atoms with Gasteiger partial charge >= 0.3 is 0 Å². The lowest BCUT2D eigenvalue weighted by Crippen LogP contribution is -2.21. The van der Waals surface area contributed by atoms with E-state index < -0.39 is 0 Å². The molecule has 1 unspecified atom stereocenters. The Morgan fingerprint density at radius 3 is 2.58 bits per heavy atom. The fraction of sp³-hybridized carbons (Fsp3) is 0.412. The first-order valence-corrected chi connectivity index (χ1v) is 7.92. The van der Waals surface area contributed by atoms with E-state index >= 15 is 0 Å². The van der Waals surface area contributed by atoms with E-state index in [0.29, 0.717) is 6.04 Å². The molecule has 0 spiro atoms. The first-order valence-electron chi connectivity index (χ1n) is 7.04. The normalized spacial score (nSPS) is 12.6. The fourth-order valence-electron chi connectivity index (χ4n) is 2.56. The summed E-state index contributed by atoms with van der Waals surface area (Å²) in [5, 5.41) is 5.82. The smallest absolute Gasteiger partial charge is 0.0334 e. The van der Waals surface area contributed by atoms with Crippen molar-refractivity contribution in [3.8, 4) is 0 Å². The van der Waals surface area contributed by atoms with Crippen molar-refractivity contribution in [2.75, 3.05) is 6.54 Å².